The van der Waals surface area contributed by atoms with Gasteiger partial charge in [0.1, 0.15) is 0 Å². The zero-order chi connectivity index (χ0) is 13.0. The molecular formula is C11H13NO5. The summed E-state index contributed by atoms with van der Waals surface area (Å²) in [6.07, 6.45) is 0. The molecule has 0 saturated heterocycles. The summed E-state index contributed by atoms with van der Waals surface area (Å²) in [7, 11) is 1.30. The molecule has 0 unspecified atom stereocenters. The number of hydrogen-bond acceptors (Lipinski definition) is 5. The Morgan fingerprint density at radius 2 is 2.12 bits per heavy atom. The molecule has 0 saturated carbocycles. The molecule has 0 aromatic heterocycles. The Hall–Kier alpha value is -2.11. The van der Waals surface area contributed by atoms with Crippen molar-refractivity contribution in [1.29, 1.82) is 0 Å². The van der Waals surface area contributed by atoms with Crippen LogP contribution in [0.5, 0.6) is 11.5 Å². The molecule has 0 N–H and O–H groups in total. The van der Waals surface area contributed by atoms with Crippen LogP contribution in [-0.2, 0) is 0 Å². The Balaban J connectivity index is 3.49. The molecule has 0 aliphatic carbocycles. The fourth-order valence-electron chi connectivity index (χ4n) is 1.48. The van der Waals surface area contributed by atoms with E-state index < -0.39 is 10.7 Å². The Bertz CT molecular complexity index is 455. The van der Waals surface area contributed by atoms with Gasteiger partial charge in [-0.05, 0) is 26.0 Å². The smallest absolute Gasteiger partial charge is 0.325 e. The number of nitrogens with zero attached hydrogens (tertiary/aromatic N) is 1. The summed E-state index contributed by atoms with van der Waals surface area (Å²) in [5.74, 6) is -0.158. The van der Waals surface area contributed by atoms with E-state index in [-0.39, 0.29) is 22.7 Å². The van der Waals surface area contributed by atoms with Gasteiger partial charge in [0.05, 0.1) is 24.2 Å². The molecule has 0 amide bonds. The number of hydrogen-bond donors (Lipinski definition) is 0. The SMILES string of the molecule is CCOc1ccc(C(C)=O)c([N+](=O)[O-])c1OC. The van der Waals surface area contributed by atoms with Gasteiger partial charge in [-0.2, -0.15) is 0 Å². The molecule has 6 nitrogen and oxygen atoms in total. The molecule has 1 aromatic carbocycles. The predicted octanol–water partition coefficient (Wildman–Crippen LogP) is 2.20. The summed E-state index contributed by atoms with van der Waals surface area (Å²) < 4.78 is 10.2. The van der Waals surface area contributed by atoms with E-state index in [1.54, 1.807) is 6.92 Å². The highest BCUT2D eigenvalue weighted by Gasteiger charge is 2.27. The van der Waals surface area contributed by atoms with Crippen molar-refractivity contribution in [2.45, 2.75) is 13.8 Å². The van der Waals surface area contributed by atoms with Gasteiger partial charge in [-0.3, -0.25) is 14.9 Å². The standard InChI is InChI=1S/C11H13NO5/c1-4-17-9-6-5-8(7(2)13)10(12(14)15)11(9)16-3/h5-6H,4H2,1-3H3. The number of benzene rings is 1. The number of Topliss-reactive ketones (excluding diaryl/α,β-unsaturated/α-hetero) is 1. The molecule has 1 aromatic rings. The van der Waals surface area contributed by atoms with Gasteiger partial charge in [0.25, 0.3) is 0 Å². The van der Waals surface area contributed by atoms with Crippen molar-refractivity contribution in [2.75, 3.05) is 13.7 Å². The first-order valence-electron chi connectivity index (χ1n) is 5.02. The fourth-order valence-corrected chi connectivity index (χ4v) is 1.48. The molecule has 0 fully saturated rings. The number of carbonyl (C=O) groups is 1. The average Bonchev–Trinajstić information content (AvgIpc) is 2.28. The Labute approximate surface area is 98.3 Å². The van der Waals surface area contributed by atoms with E-state index in [1.165, 1.54) is 26.2 Å². The number of ketones is 1. The van der Waals surface area contributed by atoms with Gasteiger partial charge < -0.3 is 9.47 Å². The van der Waals surface area contributed by atoms with E-state index in [9.17, 15) is 14.9 Å². The highest BCUT2D eigenvalue weighted by Crippen LogP contribution is 2.39. The summed E-state index contributed by atoms with van der Waals surface area (Å²) in [6, 6.07) is 2.86. The van der Waals surface area contributed by atoms with Crippen molar-refractivity contribution in [2.24, 2.45) is 0 Å². The first kappa shape index (κ1) is 13.0. The number of carbonyl (C=O) groups excluding carboxylic acids is 1. The minimum atomic E-state index is -0.641. The molecule has 0 bridgehead atoms. The first-order chi connectivity index (χ1) is 8.02. The number of rotatable bonds is 5. The number of methoxy groups -OCH3 is 1. The van der Waals surface area contributed by atoms with Crippen LogP contribution in [0.2, 0.25) is 0 Å². The van der Waals surface area contributed by atoms with Crippen LogP contribution in [0.1, 0.15) is 24.2 Å². The van der Waals surface area contributed by atoms with Crippen LogP contribution in [0.4, 0.5) is 5.69 Å². The molecular weight excluding hydrogens is 226 g/mol. The van der Waals surface area contributed by atoms with Crippen molar-refractivity contribution < 1.29 is 19.2 Å². The third-order valence-electron chi connectivity index (χ3n) is 2.16. The minimum Gasteiger partial charge on any atom is -0.490 e. The van der Waals surface area contributed by atoms with Gasteiger partial charge in [-0.1, -0.05) is 0 Å². The molecule has 92 valence electrons. The maximum atomic E-state index is 11.3. The van der Waals surface area contributed by atoms with E-state index in [0.29, 0.717) is 6.61 Å². The maximum Gasteiger partial charge on any atom is 0.325 e. The first-order valence-corrected chi connectivity index (χ1v) is 5.02. The van der Waals surface area contributed by atoms with Crippen LogP contribution in [0.15, 0.2) is 12.1 Å². The van der Waals surface area contributed by atoms with Gasteiger partial charge >= 0.3 is 5.69 Å². The van der Waals surface area contributed by atoms with E-state index in [2.05, 4.69) is 0 Å². The minimum absolute atomic E-state index is 0.00954. The average molecular weight is 239 g/mol. The Kier molecular flexibility index (Phi) is 4.03. The van der Waals surface area contributed by atoms with Crippen molar-refractivity contribution in [1.82, 2.24) is 0 Å². The van der Waals surface area contributed by atoms with Crippen LogP contribution in [-0.4, -0.2) is 24.4 Å². The van der Waals surface area contributed by atoms with Crippen LogP contribution in [0, 0.1) is 10.1 Å². The summed E-state index contributed by atoms with van der Waals surface area (Å²) in [4.78, 5) is 21.6. The molecule has 17 heavy (non-hydrogen) atoms. The number of nitro groups is 1. The largest absolute Gasteiger partial charge is 0.490 e. The highest BCUT2D eigenvalue weighted by molar-refractivity contribution is 5.99. The predicted molar refractivity (Wildman–Crippen MR) is 60.8 cm³/mol. The third kappa shape index (κ3) is 2.52. The normalized spacial score (nSPS) is 9.82. The lowest BCUT2D eigenvalue weighted by Crippen LogP contribution is -2.05. The molecule has 1 rings (SSSR count). The van der Waals surface area contributed by atoms with Gasteiger partial charge in [0.15, 0.2) is 11.5 Å². The van der Waals surface area contributed by atoms with Crippen molar-refractivity contribution >= 4 is 11.5 Å². The molecule has 0 atom stereocenters. The van der Waals surface area contributed by atoms with Crippen molar-refractivity contribution in [3.8, 4) is 11.5 Å². The number of nitro benzene ring substituents is 1. The quantitative estimate of drug-likeness (QED) is 0.447. The zero-order valence-electron chi connectivity index (χ0n) is 9.85. The topological polar surface area (TPSA) is 78.7 Å². The molecule has 0 aliphatic heterocycles. The molecule has 0 spiro atoms. The maximum absolute atomic E-state index is 11.3. The summed E-state index contributed by atoms with van der Waals surface area (Å²) in [6.45, 7) is 3.37. The van der Waals surface area contributed by atoms with E-state index in [4.69, 9.17) is 9.47 Å². The van der Waals surface area contributed by atoms with Crippen molar-refractivity contribution in [3.63, 3.8) is 0 Å². The summed E-state index contributed by atoms with van der Waals surface area (Å²) in [5, 5.41) is 11.0. The van der Waals surface area contributed by atoms with E-state index >= 15 is 0 Å². The Morgan fingerprint density at radius 1 is 1.47 bits per heavy atom. The summed E-state index contributed by atoms with van der Waals surface area (Å²) >= 11 is 0. The van der Waals surface area contributed by atoms with Crippen LogP contribution < -0.4 is 9.47 Å². The van der Waals surface area contributed by atoms with Gasteiger partial charge in [-0.25, -0.2) is 0 Å². The second kappa shape index (κ2) is 5.29. The fraction of sp³-hybridized carbons (Fsp3) is 0.364. The second-order valence-corrected chi connectivity index (χ2v) is 3.24. The van der Waals surface area contributed by atoms with Crippen molar-refractivity contribution in [3.05, 3.63) is 27.8 Å². The Morgan fingerprint density at radius 3 is 2.53 bits per heavy atom. The van der Waals surface area contributed by atoms with Crippen LogP contribution in [0.3, 0.4) is 0 Å². The second-order valence-electron chi connectivity index (χ2n) is 3.24. The summed E-state index contributed by atoms with van der Waals surface area (Å²) in [5.41, 5.74) is -0.346. The van der Waals surface area contributed by atoms with Crippen LogP contribution >= 0.6 is 0 Å². The lowest BCUT2D eigenvalue weighted by molar-refractivity contribution is -0.386. The number of ether oxygens (including phenoxy) is 2. The van der Waals surface area contributed by atoms with E-state index in [0.717, 1.165) is 0 Å². The lowest BCUT2D eigenvalue weighted by atomic mass is 10.1. The third-order valence-corrected chi connectivity index (χ3v) is 2.16. The zero-order valence-corrected chi connectivity index (χ0v) is 9.85. The van der Waals surface area contributed by atoms with E-state index in [1.807, 2.05) is 0 Å². The monoisotopic (exact) mass is 239 g/mol. The highest BCUT2D eigenvalue weighted by atomic mass is 16.6. The van der Waals surface area contributed by atoms with Gasteiger partial charge in [0, 0.05) is 0 Å². The molecule has 0 heterocycles. The molecule has 0 aliphatic rings. The van der Waals surface area contributed by atoms with Gasteiger partial charge in [-0.15, -0.1) is 0 Å². The van der Waals surface area contributed by atoms with Crippen LogP contribution in [0.25, 0.3) is 0 Å². The molecule has 6 heteroatoms. The lowest BCUT2D eigenvalue weighted by Gasteiger charge is -2.10. The molecule has 0 radical (unpaired) electrons. The van der Waals surface area contributed by atoms with Gasteiger partial charge in [0.2, 0.25) is 5.75 Å².